The third-order valence-corrected chi connectivity index (χ3v) is 5.37. The number of fused-ring (bicyclic) bond motifs is 3. The predicted molar refractivity (Wildman–Crippen MR) is 116 cm³/mol. The molecule has 164 valence electrons. The third-order valence-electron chi connectivity index (χ3n) is 5.37. The smallest absolute Gasteiger partial charge is 0.407 e. The second-order valence-electron chi connectivity index (χ2n) is 7.55. The molecule has 9 heteroatoms. The molecular formula is C23H22N4O5. The number of nitrogens with one attached hydrogen (secondary N) is 2. The molecule has 0 spiro atoms. The van der Waals surface area contributed by atoms with Crippen molar-refractivity contribution in [2.75, 3.05) is 11.9 Å². The van der Waals surface area contributed by atoms with Gasteiger partial charge in [0.2, 0.25) is 5.91 Å². The summed E-state index contributed by atoms with van der Waals surface area (Å²) in [4.78, 5) is 36.0. The molecule has 32 heavy (non-hydrogen) atoms. The maximum atomic E-state index is 12.4. The second kappa shape index (κ2) is 8.54. The molecule has 0 radical (unpaired) electrons. The first-order valence-electron chi connectivity index (χ1n) is 10.0. The highest BCUT2D eigenvalue weighted by atomic mass is 16.5. The average molecular weight is 434 g/mol. The standard InChI is InChI=1S/C23H22N4O5/c1-13(21(28)25-20-18(22(29)30)11-27(2)26-20)24-23(31)32-12-19-16-9-5-3-7-14(16)15-8-4-6-10-17(15)19/h3-11,13,19H,12H2,1-2H3,(H,24,31)(H,29,30)(H,25,26,28). The first kappa shape index (κ1) is 21.1. The van der Waals surface area contributed by atoms with Gasteiger partial charge in [0.05, 0.1) is 0 Å². The van der Waals surface area contributed by atoms with Gasteiger partial charge in [-0.05, 0) is 29.2 Å². The molecule has 2 aromatic carbocycles. The van der Waals surface area contributed by atoms with Crippen molar-refractivity contribution in [3.8, 4) is 11.1 Å². The van der Waals surface area contributed by atoms with Crippen LogP contribution < -0.4 is 10.6 Å². The fourth-order valence-corrected chi connectivity index (χ4v) is 3.84. The predicted octanol–water partition coefficient (Wildman–Crippen LogP) is 2.98. The Morgan fingerprint density at radius 1 is 1.09 bits per heavy atom. The van der Waals surface area contributed by atoms with Crippen LogP contribution in [0, 0.1) is 0 Å². The Morgan fingerprint density at radius 2 is 1.69 bits per heavy atom. The number of alkyl carbamates (subject to hydrolysis) is 1. The van der Waals surface area contributed by atoms with Gasteiger partial charge < -0.3 is 20.5 Å². The molecule has 0 saturated heterocycles. The zero-order chi connectivity index (χ0) is 22.8. The minimum Gasteiger partial charge on any atom is -0.477 e. The fraction of sp³-hybridized carbons (Fsp3) is 0.217. The number of carbonyl (C=O) groups excluding carboxylic acids is 2. The quantitative estimate of drug-likeness (QED) is 0.548. The van der Waals surface area contributed by atoms with Gasteiger partial charge in [0.1, 0.15) is 18.2 Å². The highest BCUT2D eigenvalue weighted by Gasteiger charge is 2.29. The topological polar surface area (TPSA) is 123 Å². The Bertz CT molecular complexity index is 1160. The van der Waals surface area contributed by atoms with E-state index in [2.05, 4.69) is 15.7 Å². The van der Waals surface area contributed by atoms with Crippen LogP contribution >= 0.6 is 0 Å². The van der Waals surface area contributed by atoms with Gasteiger partial charge in [0.15, 0.2) is 5.82 Å². The molecular weight excluding hydrogens is 412 g/mol. The molecule has 0 aliphatic heterocycles. The van der Waals surface area contributed by atoms with E-state index in [0.717, 1.165) is 22.3 Å². The first-order chi connectivity index (χ1) is 15.3. The molecule has 1 aliphatic carbocycles. The molecule has 4 rings (SSSR count). The summed E-state index contributed by atoms with van der Waals surface area (Å²) in [5, 5.41) is 18.0. The van der Waals surface area contributed by atoms with Crippen LogP contribution in [0.15, 0.2) is 54.7 Å². The second-order valence-corrected chi connectivity index (χ2v) is 7.55. The zero-order valence-corrected chi connectivity index (χ0v) is 17.5. The first-order valence-corrected chi connectivity index (χ1v) is 10.0. The van der Waals surface area contributed by atoms with Crippen molar-refractivity contribution >= 4 is 23.8 Å². The summed E-state index contributed by atoms with van der Waals surface area (Å²) in [5.74, 6) is -2.01. The van der Waals surface area contributed by atoms with Crippen LogP contribution in [0.5, 0.6) is 0 Å². The number of benzene rings is 2. The Kier molecular flexibility index (Phi) is 5.63. The van der Waals surface area contributed by atoms with E-state index in [9.17, 15) is 19.5 Å². The maximum Gasteiger partial charge on any atom is 0.407 e. The van der Waals surface area contributed by atoms with Gasteiger partial charge in [-0.1, -0.05) is 48.5 Å². The van der Waals surface area contributed by atoms with Gasteiger partial charge in [-0.25, -0.2) is 9.59 Å². The number of carbonyl (C=O) groups is 3. The number of hydrogen-bond acceptors (Lipinski definition) is 5. The Morgan fingerprint density at radius 3 is 2.28 bits per heavy atom. The summed E-state index contributed by atoms with van der Waals surface area (Å²) in [6, 6.07) is 15.0. The number of rotatable bonds is 6. The summed E-state index contributed by atoms with van der Waals surface area (Å²) in [7, 11) is 1.54. The lowest BCUT2D eigenvalue weighted by atomic mass is 9.98. The molecule has 1 aromatic heterocycles. The summed E-state index contributed by atoms with van der Waals surface area (Å²) in [6.45, 7) is 1.59. The molecule has 3 N–H and O–H groups in total. The van der Waals surface area contributed by atoms with Crippen molar-refractivity contribution < 1.29 is 24.2 Å². The molecule has 9 nitrogen and oxygen atoms in total. The molecule has 3 aromatic rings. The van der Waals surface area contributed by atoms with Crippen LogP contribution in [0.2, 0.25) is 0 Å². The number of aryl methyl sites for hydroxylation is 1. The van der Waals surface area contributed by atoms with E-state index in [1.54, 1.807) is 7.05 Å². The number of nitrogens with zero attached hydrogens (tertiary/aromatic N) is 2. The fourth-order valence-electron chi connectivity index (χ4n) is 3.84. The van der Waals surface area contributed by atoms with Gasteiger partial charge in [0.25, 0.3) is 0 Å². The van der Waals surface area contributed by atoms with Crippen molar-refractivity contribution in [2.24, 2.45) is 7.05 Å². The van der Waals surface area contributed by atoms with E-state index in [-0.39, 0.29) is 23.9 Å². The van der Waals surface area contributed by atoms with Crippen molar-refractivity contribution in [3.05, 3.63) is 71.4 Å². The summed E-state index contributed by atoms with van der Waals surface area (Å²) in [5.41, 5.74) is 4.27. The monoisotopic (exact) mass is 434 g/mol. The number of aromatic carboxylic acids is 1. The van der Waals surface area contributed by atoms with Gasteiger partial charge in [0, 0.05) is 19.2 Å². The Balaban J connectivity index is 1.37. The molecule has 0 bridgehead atoms. The van der Waals surface area contributed by atoms with E-state index < -0.39 is 24.0 Å². The summed E-state index contributed by atoms with van der Waals surface area (Å²) in [6.07, 6.45) is 0.538. The van der Waals surface area contributed by atoms with Crippen molar-refractivity contribution in [1.29, 1.82) is 0 Å². The van der Waals surface area contributed by atoms with Gasteiger partial charge >= 0.3 is 12.1 Å². The van der Waals surface area contributed by atoms with Crippen LogP contribution in [0.3, 0.4) is 0 Å². The van der Waals surface area contributed by atoms with Crippen LogP contribution in [0.4, 0.5) is 10.6 Å². The summed E-state index contributed by atoms with van der Waals surface area (Å²) >= 11 is 0. The van der Waals surface area contributed by atoms with Gasteiger partial charge in [-0.3, -0.25) is 9.48 Å². The number of anilines is 1. The highest BCUT2D eigenvalue weighted by molar-refractivity contribution is 6.01. The number of hydrogen-bond donors (Lipinski definition) is 3. The maximum absolute atomic E-state index is 12.4. The zero-order valence-electron chi connectivity index (χ0n) is 17.5. The molecule has 2 amide bonds. The number of carboxylic acids is 1. The van der Waals surface area contributed by atoms with E-state index in [1.165, 1.54) is 17.8 Å². The molecule has 1 atom stereocenters. The highest BCUT2D eigenvalue weighted by Crippen LogP contribution is 2.44. The lowest BCUT2D eigenvalue weighted by Crippen LogP contribution is -2.42. The van der Waals surface area contributed by atoms with E-state index in [1.807, 2.05) is 48.5 Å². The molecule has 1 aliphatic rings. The van der Waals surface area contributed by atoms with Gasteiger partial charge in [-0.15, -0.1) is 0 Å². The van der Waals surface area contributed by atoms with Crippen LogP contribution in [0.1, 0.15) is 34.3 Å². The molecule has 0 saturated carbocycles. The Hall–Kier alpha value is -4.14. The van der Waals surface area contributed by atoms with E-state index in [4.69, 9.17) is 4.74 Å². The van der Waals surface area contributed by atoms with Crippen LogP contribution in [-0.4, -0.2) is 45.5 Å². The number of ether oxygens (including phenoxy) is 1. The third kappa shape index (κ3) is 4.04. The van der Waals surface area contributed by atoms with Crippen LogP contribution in [0.25, 0.3) is 11.1 Å². The van der Waals surface area contributed by atoms with Crippen molar-refractivity contribution in [2.45, 2.75) is 18.9 Å². The lowest BCUT2D eigenvalue weighted by molar-refractivity contribution is -0.117. The van der Waals surface area contributed by atoms with Gasteiger partial charge in [-0.2, -0.15) is 5.10 Å². The van der Waals surface area contributed by atoms with E-state index >= 15 is 0 Å². The number of carboxylic acid groups (broad SMARTS) is 1. The summed E-state index contributed by atoms with van der Waals surface area (Å²) < 4.78 is 6.71. The van der Waals surface area contributed by atoms with Crippen molar-refractivity contribution in [3.63, 3.8) is 0 Å². The van der Waals surface area contributed by atoms with Crippen molar-refractivity contribution in [1.82, 2.24) is 15.1 Å². The number of amides is 2. The minimum absolute atomic E-state index is 0.0915. The average Bonchev–Trinajstić information content (AvgIpc) is 3.30. The number of aromatic nitrogens is 2. The molecule has 1 unspecified atom stereocenters. The van der Waals surface area contributed by atoms with E-state index in [0.29, 0.717) is 0 Å². The normalized spacial score (nSPS) is 13.1. The SMILES string of the molecule is CC(NC(=O)OCC1c2ccccc2-c2ccccc21)C(=O)Nc1nn(C)cc1C(=O)O. The minimum atomic E-state index is -1.22. The Labute approximate surface area is 184 Å². The largest absolute Gasteiger partial charge is 0.477 e. The molecule has 1 heterocycles. The lowest BCUT2D eigenvalue weighted by Gasteiger charge is -2.17. The molecule has 0 fully saturated rings. The van der Waals surface area contributed by atoms with Crippen LogP contribution in [-0.2, 0) is 16.6 Å².